The predicted octanol–water partition coefficient (Wildman–Crippen LogP) is 1.68. The van der Waals surface area contributed by atoms with Gasteiger partial charge in [0.25, 0.3) is 0 Å². The Hall–Kier alpha value is -1.82. The highest BCUT2D eigenvalue weighted by atomic mass is 16.1. The Morgan fingerprint density at radius 1 is 1.47 bits per heavy atom. The van der Waals surface area contributed by atoms with Crippen molar-refractivity contribution in [2.75, 3.05) is 6.54 Å². The van der Waals surface area contributed by atoms with Gasteiger partial charge in [0, 0.05) is 12.5 Å². The fraction of sp³-hybridized carbons (Fsp3) is 0.429. The Morgan fingerprint density at radius 2 is 2.06 bits per heavy atom. The lowest BCUT2D eigenvalue weighted by atomic mass is 10.1. The molecule has 1 aromatic rings. The largest absolute Gasteiger partial charge is 0.355 e. The minimum atomic E-state index is -0.122. The van der Waals surface area contributed by atoms with Crippen LogP contribution in [0.25, 0.3) is 0 Å². The number of carbonyl (C=O) groups excluding carboxylic acids is 1. The second-order valence-corrected chi connectivity index (χ2v) is 4.65. The van der Waals surface area contributed by atoms with E-state index >= 15 is 0 Å². The van der Waals surface area contributed by atoms with Crippen LogP contribution in [0.5, 0.6) is 0 Å². The number of nitrogens with zero attached hydrogens (tertiary/aromatic N) is 1. The van der Waals surface area contributed by atoms with Gasteiger partial charge in [0.15, 0.2) is 0 Å². The van der Waals surface area contributed by atoms with Gasteiger partial charge in [0.05, 0.1) is 12.0 Å². The maximum absolute atomic E-state index is 11.9. The van der Waals surface area contributed by atoms with Crippen molar-refractivity contribution in [2.45, 2.75) is 19.8 Å². The van der Waals surface area contributed by atoms with Gasteiger partial charge < -0.3 is 5.32 Å². The second kappa shape index (κ2) is 5.01. The SMILES string of the molecule is CC(C#N)CNC(=O)C1Cc2ccccc2C1. The van der Waals surface area contributed by atoms with Gasteiger partial charge in [-0.25, -0.2) is 0 Å². The summed E-state index contributed by atoms with van der Waals surface area (Å²) in [5.41, 5.74) is 2.56. The van der Waals surface area contributed by atoms with E-state index < -0.39 is 0 Å². The van der Waals surface area contributed by atoms with E-state index in [0.29, 0.717) is 6.54 Å². The molecule has 0 saturated carbocycles. The molecular weight excluding hydrogens is 212 g/mol. The molecule has 0 heterocycles. The quantitative estimate of drug-likeness (QED) is 0.855. The molecule has 0 aliphatic heterocycles. The molecule has 1 N–H and O–H groups in total. The van der Waals surface area contributed by atoms with E-state index in [1.165, 1.54) is 11.1 Å². The molecule has 1 atom stereocenters. The lowest BCUT2D eigenvalue weighted by Crippen LogP contribution is -2.33. The van der Waals surface area contributed by atoms with Gasteiger partial charge in [0.1, 0.15) is 0 Å². The number of nitriles is 1. The fourth-order valence-corrected chi connectivity index (χ4v) is 2.19. The van der Waals surface area contributed by atoms with Crippen LogP contribution in [0.1, 0.15) is 18.1 Å². The Balaban J connectivity index is 1.90. The zero-order valence-corrected chi connectivity index (χ0v) is 9.94. The van der Waals surface area contributed by atoms with Crippen molar-refractivity contribution in [3.8, 4) is 6.07 Å². The van der Waals surface area contributed by atoms with Crippen LogP contribution in [0.3, 0.4) is 0 Å². The van der Waals surface area contributed by atoms with Crippen LogP contribution in [-0.2, 0) is 17.6 Å². The molecule has 2 rings (SSSR count). The average molecular weight is 228 g/mol. The van der Waals surface area contributed by atoms with Gasteiger partial charge in [-0.1, -0.05) is 24.3 Å². The minimum Gasteiger partial charge on any atom is -0.355 e. The number of benzene rings is 1. The van der Waals surface area contributed by atoms with Crippen molar-refractivity contribution < 1.29 is 4.79 Å². The molecule has 17 heavy (non-hydrogen) atoms. The van der Waals surface area contributed by atoms with Crippen LogP contribution in [0.2, 0.25) is 0 Å². The van der Waals surface area contributed by atoms with E-state index in [4.69, 9.17) is 5.26 Å². The zero-order valence-electron chi connectivity index (χ0n) is 9.94. The maximum atomic E-state index is 11.9. The summed E-state index contributed by atoms with van der Waals surface area (Å²) in [6.45, 7) is 2.26. The summed E-state index contributed by atoms with van der Waals surface area (Å²) in [5.74, 6) is -0.00989. The van der Waals surface area contributed by atoms with Crippen molar-refractivity contribution in [1.82, 2.24) is 5.32 Å². The molecule has 1 amide bonds. The van der Waals surface area contributed by atoms with Gasteiger partial charge in [-0.15, -0.1) is 0 Å². The summed E-state index contributed by atoms with van der Waals surface area (Å²) in [4.78, 5) is 11.9. The lowest BCUT2D eigenvalue weighted by Gasteiger charge is -2.10. The highest BCUT2D eigenvalue weighted by Gasteiger charge is 2.26. The standard InChI is InChI=1S/C14H16N2O/c1-10(8-15)9-16-14(17)13-6-11-4-2-3-5-12(11)7-13/h2-5,10,13H,6-7,9H2,1H3,(H,16,17). The van der Waals surface area contributed by atoms with Crippen LogP contribution in [0.15, 0.2) is 24.3 Å². The Labute approximate surface area is 101 Å². The monoisotopic (exact) mass is 228 g/mol. The number of amides is 1. The molecule has 3 nitrogen and oxygen atoms in total. The molecule has 0 bridgehead atoms. The first kappa shape index (κ1) is 11.7. The summed E-state index contributed by atoms with van der Waals surface area (Å²) < 4.78 is 0. The van der Waals surface area contributed by atoms with E-state index in [1.807, 2.05) is 19.1 Å². The molecule has 3 heteroatoms. The molecule has 88 valence electrons. The summed E-state index contributed by atoms with van der Waals surface area (Å²) >= 11 is 0. The third-order valence-corrected chi connectivity index (χ3v) is 3.22. The first-order chi connectivity index (χ1) is 8.20. The molecule has 0 fully saturated rings. The van der Waals surface area contributed by atoms with Crippen LogP contribution in [-0.4, -0.2) is 12.5 Å². The Morgan fingerprint density at radius 3 is 2.59 bits per heavy atom. The zero-order chi connectivity index (χ0) is 12.3. The van der Waals surface area contributed by atoms with E-state index in [2.05, 4.69) is 23.5 Å². The average Bonchev–Trinajstić information content (AvgIpc) is 2.79. The van der Waals surface area contributed by atoms with Gasteiger partial charge in [0.2, 0.25) is 5.91 Å². The lowest BCUT2D eigenvalue weighted by molar-refractivity contribution is -0.124. The van der Waals surface area contributed by atoms with Crippen LogP contribution < -0.4 is 5.32 Å². The molecule has 0 radical (unpaired) electrons. The van der Waals surface area contributed by atoms with Crippen molar-refractivity contribution in [3.63, 3.8) is 0 Å². The number of rotatable bonds is 3. The fourth-order valence-electron chi connectivity index (χ4n) is 2.19. The summed E-state index contributed by atoms with van der Waals surface area (Å²) in [6, 6.07) is 10.3. The molecule has 1 aliphatic rings. The molecule has 0 saturated heterocycles. The Kier molecular flexibility index (Phi) is 3.43. The van der Waals surface area contributed by atoms with Crippen LogP contribution >= 0.6 is 0 Å². The molecule has 1 aliphatic carbocycles. The van der Waals surface area contributed by atoms with E-state index in [-0.39, 0.29) is 17.7 Å². The molecule has 0 aromatic heterocycles. The van der Waals surface area contributed by atoms with Gasteiger partial charge in [-0.05, 0) is 30.9 Å². The summed E-state index contributed by atoms with van der Waals surface area (Å²) in [6.07, 6.45) is 1.64. The maximum Gasteiger partial charge on any atom is 0.223 e. The van der Waals surface area contributed by atoms with Gasteiger partial charge in [-0.2, -0.15) is 5.26 Å². The van der Waals surface area contributed by atoms with Crippen molar-refractivity contribution in [1.29, 1.82) is 5.26 Å². The molecule has 1 aromatic carbocycles. The summed E-state index contributed by atoms with van der Waals surface area (Å²) in [5, 5.41) is 11.5. The highest BCUT2D eigenvalue weighted by molar-refractivity contribution is 5.80. The highest BCUT2D eigenvalue weighted by Crippen LogP contribution is 2.26. The number of carbonyl (C=O) groups is 1. The van der Waals surface area contributed by atoms with Crippen molar-refractivity contribution in [2.24, 2.45) is 11.8 Å². The molecule has 0 spiro atoms. The van der Waals surface area contributed by atoms with Gasteiger partial charge >= 0.3 is 0 Å². The van der Waals surface area contributed by atoms with Gasteiger partial charge in [-0.3, -0.25) is 4.79 Å². The predicted molar refractivity (Wildman–Crippen MR) is 65.1 cm³/mol. The van der Waals surface area contributed by atoms with E-state index in [9.17, 15) is 4.79 Å². The first-order valence-corrected chi connectivity index (χ1v) is 5.95. The van der Waals surface area contributed by atoms with Crippen molar-refractivity contribution in [3.05, 3.63) is 35.4 Å². The smallest absolute Gasteiger partial charge is 0.223 e. The normalized spacial score (nSPS) is 16.0. The van der Waals surface area contributed by atoms with E-state index in [0.717, 1.165) is 12.8 Å². The second-order valence-electron chi connectivity index (χ2n) is 4.65. The topological polar surface area (TPSA) is 52.9 Å². The minimum absolute atomic E-state index is 0.0401. The number of hydrogen-bond donors (Lipinski definition) is 1. The molecule has 1 unspecified atom stereocenters. The number of nitrogens with one attached hydrogen (secondary N) is 1. The Bertz CT molecular complexity index is 437. The summed E-state index contributed by atoms with van der Waals surface area (Å²) in [7, 11) is 0. The number of hydrogen-bond acceptors (Lipinski definition) is 2. The van der Waals surface area contributed by atoms with E-state index in [1.54, 1.807) is 0 Å². The van der Waals surface area contributed by atoms with Crippen LogP contribution in [0.4, 0.5) is 0 Å². The van der Waals surface area contributed by atoms with Crippen molar-refractivity contribution >= 4 is 5.91 Å². The first-order valence-electron chi connectivity index (χ1n) is 5.95. The third kappa shape index (κ3) is 2.65. The number of fused-ring (bicyclic) bond motifs is 1. The third-order valence-electron chi connectivity index (χ3n) is 3.22. The van der Waals surface area contributed by atoms with Crippen LogP contribution in [0, 0.1) is 23.2 Å². The molecular formula is C14H16N2O.